The highest BCUT2D eigenvalue weighted by Gasteiger charge is 2.13. The summed E-state index contributed by atoms with van der Waals surface area (Å²) in [5.41, 5.74) is 2.89. The summed E-state index contributed by atoms with van der Waals surface area (Å²) in [5, 5.41) is 3.76. The van der Waals surface area contributed by atoms with Gasteiger partial charge in [0.25, 0.3) is 0 Å². The van der Waals surface area contributed by atoms with Gasteiger partial charge in [-0.25, -0.2) is 0 Å². The van der Waals surface area contributed by atoms with Crippen LogP contribution in [-0.4, -0.2) is 6.54 Å². The van der Waals surface area contributed by atoms with Crippen LogP contribution >= 0.6 is 0 Å². The van der Waals surface area contributed by atoms with E-state index in [1.165, 1.54) is 62.6 Å². The first-order chi connectivity index (χ1) is 10.1. The van der Waals surface area contributed by atoms with Crippen LogP contribution in [0.3, 0.4) is 0 Å². The molecular weight excluding hydrogens is 254 g/mol. The van der Waals surface area contributed by atoms with E-state index in [4.69, 9.17) is 0 Å². The molecular formula is C20H33N. The minimum Gasteiger partial charge on any atom is -0.310 e. The lowest BCUT2D eigenvalue weighted by atomic mass is 9.98. The summed E-state index contributed by atoms with van der Waals surface area (Å²) in [6.45, 7) is 8.05. The highest BCUT2D eigenvalue weighted by atomic mass is 14.9. The van der Waals surface area contributed by atoms with Crippen LogP contribution in [0, 0.1) is 11.8 Å². The predicted molar refractivity (Wildman–Crippen MR) is 92.6 cm³/mol. The van der Waals surface area contributed by atoms with Crippen molar-refractivity contribution < 1.29 is 0 Å². The molecule has 0 bridgehead atoms. The van der Waals surface area contributed by atoms with Gasteiger partial charge in [0.05, 0.1) is 0 Å². The molecule has 0 aliphatic heterocycles. The second-order valence-corrected chi connectivity index (χ2v) is 7.33. The van der Waals surface area contributed by atoms with Gasteiger partial charge in [0.2, 0.25) is 0 Å². The Morgan fingerprint density at radius 3 is 2.14 bits per heavy atom. The first-order valence-electron chi connectivity index (χ1n) is 8.97. The predicted octanol–water partition coefficient (Wildman–Crippen LogP) is 5.51. The van der Waals surface area contributed by atoms with E-state index in [0.717, 1.165) is 11.8 Å². The van der Waals surface area contributed by atoms with Crippen LogP contribution in [-0.2, 0) is 6.42 Å². The lowest BCUT2D eigenvalue weighted by Gasteiger charge is -2.20. The Labute approximate surface area is 131 Å². The molecule has 1 unspecified atom stereocenters. The Hall–Kier alpha value is -0.820. The standard InChI is InChI=1S/C20H33N/c1-16(2)14-18-10-12-20(13-11-18)17(3)21-15-19-8-6-4-5-7-9-19/h10-13,16-17,19,21H,4-9,14-15H2,1-3H3. The Balaban J connectivity index is 1.80. The van der Waals surface area contributed by atoms with E-state index >= 15 is 0 Å². The summed E-state index contributed by atoms with van der Waals surface area (Å²) < 4.78 is 0. The lowest BCUT2D eigenvalue weighted by molar-refractivity contribution is 0.403. The summed E-state index contributed by atoms with van der Waals surface area (Å²) in [6, 6.07) is 9.70. The zero-order valence-corrected chi connectivity index (χ0v) is 14.2. The third-order valence-electron chi connectivity index (χ3n) is 4.81. The molecule has 1 aliphatic carbocycles. The zero-order valence-electron chi connectivity index (χ0n) is 14.2. The van der Waals surface area contributed by atoms with Crippen molar-refractivity contribution in [2.45, 2.75) is 71.8 Å². The maximum atomic E-state index is 3.76. The van der Waals surface area contributed by atoms with E-state index in [1.807, 2.05) is 0 Å². The Morgan fingerprint density at radius 2 is 1.57 bits per heavy atom. The first kappa shape index (κ1) is 16.5. The Morgan fingerprint density at radius 1 is 0.952 bits per heavy atom. The molecule has 1 aromatic rings. The summed E-state index contributed by atoms with van der Waals surface area (Å²) >= 11 is 0. The van der Waals surface area contributed by atoms with Crippen molar-refractivity contribution in [2.75, 3.05) is 6.54 Å². The third-order valence-corrected chi connectivity index (χ3v) is 4.81. The second kappa shape index (κ2) is 8.58. The Bertz CT molecular complexity index is 385. The smallest absolute Gasteiger partial charge is 0.0291 e. The van der Waals surface area contributed by atoms with Crippen molar-refractivity contribution >= 4 is 0 Å². The minimum absolute atomic E-state index is 0.473. The number of benzene rings is 1. The SMILES string of the molecule is CC(C)Cc1ccc(C(C)NCC2CCCCCC2)cc1. The molecule has 1 saturated carbocycles. The maximum Gasteiger partial charge on any atom is 0.0291 e. The van der Waals surface area contributed by atoms with Crippen molar-refractivity contribution in [2.24, 2.45) is 11.8 Å². The molecule has 1 fully saturated rings. The van der Waals surface area contributed by atoms with Gasteiger partial charge in [0, 0.05) is 6.04 Å². The molecule has 0 saturated heterocycles. The average molecular weight is 287 g/mol. The average Bonchev–Trinajstić information content (AvgIpc) is 2.73. The summed E-state index contributed by atoms with van der Waals surface area (Å²) in [7, 11) is 0. The number of hydrogen-bond acceptors (Lipinski definition) is 1. The van der Waals surface area contributed by atoms with Crippen LogP contribution in [0.4, 0.5) is 0 Å². The highest BCUT2D eigenvalue weighted by molar-refractivity contribution is 5.25. The van der Waals surface area contributed by atoms with Gasteiger partial charge in [-0.3, -0.25) is 0 Å². The minimum atomic E-state index is 0.473. The van der Waals surface area contributed by atoms with Crippen LogP contribution in [0.5, 0.6) is 0 Å². The van der Waals surface area contributed by atoms with Crippen LogP contribution in [0.2, 0.25) is 0 Å². The van der Waals surface area contributed by atoms with E-state index in [1.54, 1.807) is 0 Å². The molecule has 0 amide bonds. The second-order valence-electron chi connectivity index (χ2n) is 7.33. The number of nitrogens with one attached hydrogen (secondary N) is 1. The van der Waals surface area contributed by atoms with Gasteiger partial charge in [-0.2, -0.15) is 0 Å². The van der Waals surface area contributed by atoms with Gasteiger partial charge < -0.3 is 5.32 Å². The van der Waals surface area contributed by atoms with Gasteiger partial charge in [0.1, 0.15) is 0 Å². The molecule has 1 N–H and O–H groups in total. The first-order valence-corrected chi connectivity index (χ1v) is 8.97. The van der Waals surface area contributed by atoms with Crippen molar-refractivity contribution in [3.8, 4) is 0 Å². The molecule has 0 heterocycles. The highest BCUT2D eigenvalue weighted by Crippen LogP contribution is 2.23. The summed E-state index contributed by atoms with van der Waals surface area (Å²) in [6.07, 6.45) is 9.80. The fraction of sp³-hybridized carbons (Fsp3) is 0.700. The van der Waals surface area contributed by atoms with Crippen LogP contribution in [0.25, 0.3) is 0 Å². The van der Waals surface area contributed by atoms with Gasteiger partial charge >= 0.3 is 0 Å². The van der Waals surface area contributed by atoms with Crippen molar-refractivity contribution in [3.05, 3.63) is 35.4 Å². The van der Waals surface area contributed by atoms with E-state index < -0.39 is 0 Å². The van der Waals surface area contributed by atoms with E-state index in [-0.39, 0.29) is 0 Å². The monoisotopic (exact) mass is 287 g/mol. The van der Waals surface area contributed by atoms with Crippen LogP contribution in [0.1, 0.15) is 76.5 Å². The quantitative estimate of drug-likeness (QED) is 0.681. The molecule has 0 aromatic heterocycles. The maximum absolute atomic E-state index is 3.76. The number of rotatable bonds is 6. The molecule has 1 aliphatic rings. The van der Waals surface area contributed by atoms with Gasteiger partial charge in [-0.05, 0) is 55.7 Å². The van der Waals surface area contributed by atoms with Gasteiger partial charge in [0.15, 0.2) is 0 Å². The van der Waals surface area contributed by atoms with E-state index in [9.17, 15) is 0 Å². The fourth-order valence-corrected chi connectivity index (χ4v) is 3.44. The van der Waals surface area contributed by atoms with E-state index in [2.05, 4.69) is 50.4 Å². The molecule has 0 radical (unpaired) electrons. The molecule has 1 aromatic carbocycles. The topological polar surface area (TPSA) is 12.0 Å². The summed E-state index contributed by atoms with van der Waals surface area (Å²) in [5.74, 6) is 1.64. The third kappa shape index (κ3) is 5.82. The van der Waals surface area contributed by atoms with Crippen LogP contribution in [0.15, 0.2) is 24.3 Å². The molecule has 2 rings (SSSR count). The van der Waals surface area contributed by atoms with Gasteiger partial charge in [-0.1, -0.05) is 63.8 Å². The normalized spacial score (nSPS) is 18.7. The fourth-order valence-electron chi connectivity index (χ4n) is 3.44. The van der Waals surface area contributed by atoms with Crippen molar-refractivity contribution in [1.82, 2.24) is 5.32 Å². The molecule has 1 heteroatoms. The molecule has 1 atom stereocenters. The summed E-state index contributed by atoms with van der Waals surface area (Å²) in [4.78, 5) is 0. The van der Waals surface area contributed by atoms with Gasteiger partial charge in [-0.15, -0.1) is 0 Å². The lowest BCUT2D eigenvalue weighted by Crippen LogP contribution is -2.25. The molecule has 118 valence electrons. The van der Waals surface area contributed by atoms with E-state index in [0.29, 0.717) is 6.04 Å². The van der Waals surface area contributed by atoms with Crippen molar-refractivity contribution in [3.63, 3.8) is 0 Å². The molecule has 21 heavy (non-hydrogen) atoms. The Kier molecular flexibility index (Phi) is 6.76. The largest absolute Gasteiger partial charge is 0.310 e. The molecule has 0 spiro atoms. The zero-order chi connectivity index (χ0) is 15.1. The van der Waals surface area contributed by atoms with Crippen molar-refractivity contribution in [1.29, 1.82) is 0 Å². The van der Waals surface area contributed by atoms with Crippen LogP contribution < -0.4 is 5.32 Å². The molecule has 1 nitrogen and oxygen atoms in total. The number of hydrogen-bond donors (Lipinski definition) is 1.